The SMILES string of the molecule is CC/C(=N/Nc1ccc(C)cc1)C(=O)O. The maximum absolute atomic E-state index is 10.6. The third-order valence-corrected chi connectivity index (χ3v) is 1.95. The number of anilines is 1. The maximum Gasteiger partial charge on any atom is 0.352 e. The molecule has 0 atom stereocenters. The molecule has 15 heavy (non-hydrogen) atoms. The average Bonchev–Trinajstić information content (AvgIpc) is 2.21. The van der Waals surface area contributed by atoms with Crippen LogP contribution in [0.2, 0.25) is 0 Å². The highest BCUT2D eigenvalue weighted by atomic mass is 16.4. The van der Waals surface area contributed by atoms with Gasteiger partial charge < -0.3 is 5.11 Å². The lowest BCUT2D eigenvalue weighted by atomic mass is 10.2. The van der Waals surface area contributed by atoms with E-state index in [2.05, 4.69) is 10.5 Å². The molecule has 0 amide bonds. The number of hydrogen-bond donors (Lipinski definition) is 2. The molecular formula is C11H14N2O2. The van der Waals surface area contributed by atoms with Crippen LogP contribution in [0.25, 0.3) is 0 Å². The van der Waals surface area contributed by atoms with E-state index in [1.165, 1.54) is 0 Å². The highest BCUT2D eigenvalue weighted by molar-refractivity contribution is 6.35. The van der Waals surface area contributed by atoms with E-state index >= 15 is 0 Å². The van der Waals surface area contributed by atoms with Gasteiger partial charge in [-0.15, -0.1) is 0 Å². The van der Waals surface area contributed by atoms with Crippen LogP contribution in [0.5, 0.6) is 0 Å². The summed E-state index contributed by atoms with van der Waals surface area (Å²) in [5.74, 6) is -0.989. The Bertz CT molecular complexity index is 369. The summed E-state index contributed by atoms with van der Waals surface area (Å²) in [5, 5.41) is 12.5. The van der Waals surface area contributed by atoms with E-state index in [4.69, 9.17) is 5.11 Å². The van der Waals surface area contributed by atoms with Crippen molar-refractivity contribution in [1.82, 2.24) is 0 Å². The van der Waals surface area contributed by atoms with Gasteiger partial charge in [0.05, 0.1) is 5.69 Å². The average molecular weight is 206 g/mol. The molecule has 0 radical (unpaired) electrons. The molecule has 4 heteroatoms. The zero-order valence-electron chi connectivity index (χ0n) is 8.82. The van der Waals surface area contributed by atoms with E-state index in [1.807, 2.05) is 31.2 Å². The van der Waals surface area contributed by atoms with Gasteiger partial charge in [-0.05, 0) is 25.5 Å². The lowest BCUT2D eigenvalue weighted by Gasteiger charge is -2.02. The minimum Gasteiger partial charge on any atom is -0.477 e. The van der Waals surface area contributed by atoms with E-state index in [1.54, 1.807) is 6.92 Å². The highest BCUT2D eigenvalue weighted by Crippen LogP contribution is 2.08. The van der Waals surface area contributed by atoms with Gasteiger partial charge in [0.25, 0.3) is 0 Å². The van der Waals surface area contributed by atoms with Crippen LogP contribution in [-0.2, 0) is 4.79 Å². The third-order valence-electron chi connectivity index (χ3n) is 1.95. The van der Waals surface area contributed by atoms with Crippen LogP contribution in [0, 0.1) is 6.92 Å². The summed E-state index contributed by atoms with van der Waals surface area (Å²) in [6, 6.07) is 7.58. The van der Waals surface area contributed by atoms with Gasteiger partial charge in [-0.2, -0.15) is 5.10 Å². The van der Waals surface area contributed by atoms with Crippen molar-refractivity contribution in [3.8, 4) is 0 Å². The molecule has 0 bridgehead atoms. The Labute approximate surface area is 88.6 Å². The van der Waals surface area contributed by atoms with Crippen molar-refractivity contribution in [2.45, 2.75) is 20.3 Å². The minimum absolute atomic E-state index is 0.121. The summed E-state index contributed by atoms with van der Waals surface area (Å²) < 4.78 is 0. The Morgan fingerprint density at radius 1 is 1.40 bits per heavy atom. The van der Waals surface area contributed by atoms with Gasteiger partial charge in [0, 0.05) is 0 Å². The van der Waals surface area contributed by atoms with Crippen LogP contribution in [0.3, 0.4) is 0 Å². The lowest BCUT2D eigenvalue weighted by Crippen LogP contribution is -2.13. The smallest absolute Gasteiger partial charge is 0.352 e. The summed E-state index contributed by atoms with van der Waals surface area (Å²) in [5.41, 5.74) is 4.77. The minimum atomic E-state index is -0.989. The third kappa shape index (κ3) is 3.42. The molecule has 0 unspecified atom stereocenters. The van der Waals surface area contributed by atoms with Crippen LogP contribution in [0.15, 0.2) is 29.4 Å². The first kappa shape index (κ1) is 11.2. The number of hydrogen-bond acceptors (Lipinski definition) is 3. The first-order chi connectivity index (χ1) is 7.13. The molecule has 0 heterocycles. The lowest BCUT2D eigenvalue weighted by molar-refractivity contribution is -0.129. The van der Waals surface area contributed by atoms with Gasteiger partial charge in [-0.3, -0.25) is 5.43 Å². The Kier molecular flexibility index (Phi) is 3.85. The monoisotopic (exact) mass is 206 g/mol. The predicted octanol–water partition coefficient (Wildman–Crippen LogP) is 2.26. The number of carboxylic acids is 1. The van der Waals surface area contributed by atoms with Gasteiger partial charge in [-0.1, -0.05) is 24.6 Å². The van der Waals surface area contributed by atoms with Crippen LogP contribution >= 0.6 is 0 Å². The number of rotatable bonds is 4. The largest absolute Gasteiger partial charge is 0.477 e. The maximum atomic E-state index is 10.6. The number of carboxylic acid groups (broad SMARTS) is 1. The van der Waals surface area contributed by atoms with Gasteiger partial charge in [-0.25, -0.2) is 4.79 Å². The van der Waals surface area contributed by atoms with Crippen LogP contribution in [-0.4, -0.2) is 16.8 Å². The molecule has 0 aromatic heterocycles. The zero-order chi connectivity index (χ0) is 11.3. The zero-order valence-corrected chi connectivity index (χ0v) is 8.82. The van der Waals surface area contributed by atoms with Crippen molar-refractivity contribution in [3.63, 3.8) is 0 Å². The second-order valence-corrected chi connectivity index (χ2v) is 3.20. The number of aliphatic carboxylic acids is 1. The van der Waals surface area contributed by atoms with Gasteiger partial charge >= 0.3 is 5.97 Å². The second kappa shape index (κ2) is 5.14. The Balaban J connectivity index is 2.70. The van der Waals surface area contributed by atoms with E-state index in [-0.39, 0.29) is 5.71 Å². The molecular weight excluding hydrogens is 192 g/mol. The number of aryl methyl sites for hydroxylation is 1. The summed E-state index contributed by atoms with van der Waals surface area (Å²) in [4.78, 5) is 10.6. The first-order valence-electron chi connectivity index (χ1n) is 4.76. The number of benzene rings is 1. The summed E-state index contributed by atoms with van der Waals surface area (Å²) >= 11 is 0. The number of nitrogens with one attached hydrogen (secondary N) is 1. The number of carbonyl (C=O) groups is 1. The normalized spacial score (nSPS) is 11.2. The summed E-state index contributed by atoms with van der Waals surface area (Å²) in [6.07, 6.45) is 0.397. The van der Waals surface area contributed by atoms with Crippen molar-refractivity contribution in [2.75, 3.05) is 5.43 Å². The molecule has 0 aliphatic rings. The Morgan fingerprint density at radius 2 is 2.00 bits per heavy atom. The van der Waals surface area contributed by atoms with Crippen molar-refractivity contribution in [1.29, 1.82) is 0 Å². The van der Waals surface area contributed by atoms with Crippen molar-refractivity contribution in [3.05, 3.63) is 29.8 Å². The molecule has 0 saturated carbocycles. The summed E-state index contributed by atoms with van der Waals surface area (Å²) in [7, 11) is 0. The quantitative estimate of drug-likeness (QED) is 0.586. The Hall–Kier alpha value is -1.84. The van der Waals surface area contributed by atoms with Crippen molar-refractivity contribution >= 4 is 17.4 Å². The van der Waals surface area contributed by atoms with E-state index in [0.29, 0.717) is 6.42 Å². The predicted molar refractivity (Wildman–Crippen MR) is 60.2 cm³/mol. The van der Waals surface area contributed by atoms with Crippen molar-refractivity contribution < 1.29 is 9.90 Å². The molecule has 0 fully saturated rings. The fourth-order valence-corrected chi connectivity index (χ4v) is 1.04. The molecule has 4 nitrogen and oxygen atoms in total. The van der Waals surface area contributed by atoms with Gasteiger partial charge in [0.1, 0.15) is 5.71 Å². The van der Waals surface area contributed by atoms with Gasteiger partial charge in [0.2, 0.25) is 0 Å². The van der Waals surface area contributed by atoms with Crippen LogP contribution in [0.4, 0.5) is 5.69 Å². The molecule has 80 valence electrons. The fraction of sp³-hybridized carbons (Fsp3) is 0.273. The van der Waals surface area contributed by atoms with Gasteiger partial charge in [0.15, 0.2) is 0 Å². The van der Waals surface area contributed by atoms with Crippen LogP contribution < -0.4 is 5.43 Å². The molecule has 1 aromatic carbocycles. The Morgan fingerprint density at radius 3 is 2.47 bits per heavy atom. The topological polar surface area (TPSA) is 61.7 Å². The molecule has 0 aliphatic heterocycles. The van der Waals surface area contributed by atoms with Crippen LogP contribution in [0.1, 0.15) is 18.9 Å². The van der Waals surface area contributed by atoms with E-state index < -0.39 is 5.97 Å². The van der Waals surface area contributed by atoms with Crippen molar-refractivity contribution in [2.24, 2.45) is 5.10 Å². The first-order valence-corrected chi connectivity index (χ1v) is 4.76. The molecule has 0 saturated heterocycles. The highest BCUT2D eigenvalue weighted by Gasteiger charge is 2.05. The molecule has 0 aliphatic carbocycles. The number of nitrogens with zero attached hydrogens (tertiary/aromatic N) is 1. The van der Waals surface area contributed by atoms with E-state index in [0.717, 1.165) is 11.3 Å². The summed E-state index contributed by atoms with van der Waals surface area (Å²) in [6.45, 7) is 3.74. The molecule has 0 spiro atoms. The molecule has 1 aromatic rings. The standard InChI is InChI=1S/C11H14N2O2/c1-3-10(11(14)15)13-12-9-6-4-8(2)5-7-9/h4-7,12H,3H2,1-2H3,(H,14,15)/b13-10-. The molecule has 2 N–H and O–H groups in total. The second-order valence-electron chi connectivity index (χ2n) is 3.20. The number of hydrazone groups is 1. The van der Waals surface area contributed by atoms with E-state index in [9.17, 15) is 4.79 Å². The fourth-order valence-electron chi connectivity index (χ4n) is 1.04. The molecule has 1 rings (SSSR count).